The molecular formula is C10H20F3N3O. The van der Waals surface area contributed by atoms with Gasteiger partial charge in [-0.3, -0.25) is 0 Å². The molecule has 3 N–H and O–H groups in total. The Bertz CT molecular complexity index is 243. The van der Waals surface area contributed by atoms with Gasteiger partial charge in [-0.25, -0.2) is 0 Å². The Balaban J connectivity index is 4.00. The highest BCUT2D eigenvalue weighted by atomic mass is 19.4. The lowest BCUT2D eigenvalue weighted by atomic mass is 10.1. The quantitative estimate of drug-likeness (QED) is 0.317. The predicted molar refractivity (Wildman–Crippen MR) is 60.0 cm³/mol. The lowest BCUT2D eigenvalue weighted by Crippen LogP contribution is -2.35. The van der Waals surface area contributed by atoms with Gasteiger partial charge in [0.15, 0.2) is 0 Å². The molecule has 0 aliphatic heterocycles. The van der Waals surface area contributed by atoms with Crippen molar-refractivity contribution in [2.45, 2.75) is 32.9 Å². The van der Waals surface area contributed by atoms with Crippen LogP contribution in [0.5, 0.6) is 0 Å². The Kier molecular flexibility index (Phi) is 6.94. The van der Waals surface area contributed by atoms with Crippen molar-refractivity contribution in [3.8, 4) is 0 Å². The van der Waals surface area contributed by atoms with Gasteiger partial charge < -0.3 is 15.8 Å². The van der Waals surface area contributed by atoms with E-state index in [0.717, 1.165) is 0 Å². The van der Waals surface area contributed by atoms with Crippen LogP contribution >= 0.6 is 0 Å². The number of halogens is 3. The Morgan fingerprint density at radius 3 is 2.47 bits per heavy atom. The molecule has 0 saturated carbocycles. The molecule has 0 aromatic rings. The summed E-state index contributed by atoms with van der Waals surface area (Å²) >= 11 is 0. The van der Waals surface area contributed by atoms with Gasteiger partial charge in [-0.15, -0.1) is 0 Å². The van der Waals surface area contributed by atoms with E-state index < -0.39 is 12.6 Å². The minimum atomic E-state index is -4.10. The summed E-state index contributed by atoms with van der Waals surface area (Å²) in [5.41, 5.74) is 5.41. The largest absolute Gasteiger partial charge is 0.409 e. The van der Waals surface area contributed by atoms with Gasteiger partial charge >= 0.3 is 6.18 Å². The third-order valence-electron chi connectivity index (χ3n) is 2.53. The zero-order valence-corrected chi connectivity index (χ0v) is 10.2. The van der Waals surface area contributed by atoms with E-state index in [1.165, 1.54) is 0 Å². The molecule has 4 nitrogen and oxygen atoms in total. The molecule has 0 amide bonds. The number of oxime groups is 1. The first-order valence-corrected chi connectivity index (χ1v) is 5.56. The third-order valence-corrected chi connectivity index (χ3v) is 2.53. The predicted octanol–water partition coefficient (Wildman–Crippen LogP) is 2.03. The minimum absolute atomic E-state index is 0.0697. The fourth-order valence-corrected chi connectivity index (χ4v) is 1.46. The van der Waals surface area contributed by atoms with Gasteiger partial charge in [-0.2, -0.15) is 13.2 Å². The molecule has 0 aliphatic rings. The lowest BCUT2D eigenvalue weighted by molar-refractivity contribution is -0.136. The van der Waals surface area contributed by atoms with E-state index in [0.29, 0.717) is 19.6 Å². The molecule has 0 spiro atoms. The SMILES string of the molecule is CCN(CCCC(F)(F)F)CC(C)C(N)=NO. The van der Waals surface area contributed by atoms with Gasteiger partial charge in [0.2, 0.25) is 0 Å². The van der Waals surface area contributed by atoms with Gasteiger partial charge in [0, 0.05) is 18.9 Å². The number of hydrogen-bond acceptors (Lipinski definition) is 3. The molecule has 0 saturated heterocycles. The van der Waals surface area contributed by atoms with E-state index in [-0.39, 0.29) is 18.2 Å². The van der Waals surface area contributed by atoms with Crippen LogP contribution in [0.4, 0.5) is 13.2 Å². The summed E-state index contributed by atoms with van der Waals surface area (Å²) in [6.45, 7) is 5.12. The zero-order chi connectivity index (χ0) is 13.5. The number of nitrogens with two attached hydrogens (primary N) is 1. The van der Waals surface area contributed by atoms with Crippen molar-refractivity contribution < 1.29 is 18.4 Å². The fourth-order valence-electron chi connectivity index (χ4n) is 1.46. The summed E-state index contributed by atoms with van der Waals surface area (Å²) in [6.07, 6.45) is -4.81. The second-order valence-corrected chi connectivity index (χ2v) is 4.04. The molecule has 1 atom stereocenters. The van der Waals surface area contributed by atoms with Crippen molar-refractivity contribution in [1.29, 1.82) is 0 Å². The van der Waals surface area contributed by atoms with Gasteiger partial charge in [0.25, 0.3) is 0 Å². The van der Waals surface area contributed by atoms with Crippen LogP contribution in [0.15, 0.2) is 5.16 Å². The van der Waals surface area contributed by atoms with E-state index in [1.807, 2.05) is 11.8 Å². The maximum absolute atomic E-state index is 12.0. The topological polar surface area (TPSA) is 61.8 Å². The maximum atomic E-state index is 12.0. The van der Waals surface area contributed by atoms with E-state index in [1.54, 1.807) is 6.92 Å². The Labute approximate surface area is 99.3 Å². The van der Waals surface area contributed by atoms with Crippen molar-refractivity contribution in [2.24, 2.45) is 16.8 Å². The number of hydrogen-bond donors (Lipinski definition) is 2. The normalized spacial score (nSPS) is 15.3. The van der Waals surface area contributed by atoms with E-state index >= 15 is 0 Å². The lowest BCUT2D eigenvalue weighted by Gasteiger charge is -2.23. The van der Waals surface area contributed by atoms with Crippen LogP contribution in [-0.2, 0) is 0 Å². The molecule has 0 heterocycles. The van der Waals surface area contributed by atoms with Gasteiger partial charge in [0.05, 0.1) is 0 Å². The minimum Gasteiger partial charge on any atom is -0.409 e. The standard InChI is InChI=1S/C10H20F3N3O/c1-3-16(6-4-5-10(11,12)13)7-8(2)9(14)15-17/h8,17H,3-7H2,1-2H3,(H2,14,15). The number of nitrogens with zero attached hydrogens (tertiary/aromatic N) is 2. The van der Waals surface area contributed by atoms with Crippen molar-refractivity contribution in [3.63, 3.8) is 0 Å². The molecule has 7 heteroatoms. The molecular weight excluding hydrogens is 235 g/mol. The Morgan fingerprint density at radius 1 is 1.47 bits per heavy atom. The first kappa shape index (κ1) is 16.0. The number of amidine groups is 1. The van der Waals surface area contributed by atoms with E-state index in [2.05, 4.69) is 5.16 Å². The number of alkyl halides is 3. The molecule has 102 valence electrons. The first-order valence-electron chi connectivity index (χ1n) is 5.56. The van der Waals surface area contributed by atoms with Gasteiger partial charge in [-0.1, -0.05) is 19.0 Å². The maximum Gasteiger partial charge on any atom is 0.389 e. The van der Waals surface area contributed by atoms with Crippen LogP contribution in [0, 0.1) is 5.92 Å². The molecule has 0 aromatic heterocycles. The molecule has 0 aromatic carbocycles. The second kappa shape index (κ2) is 7.37. The molecule has 0 radical (unpaired) electrons. The summed E-state index contributed by atoms with van der Waals surface area (Å²) < 4.78 is 35.9. The Morgan fingerprint density at radius 2 is 2.06 bits per heavy atom. The summed E-state index contributed by atoms with van der Waals surface area (Å²) in [7, 11) is 0. The summed E-state index contributed by atoms with van der Waals surface area (Å²) in [6, 6.07) is 0. The van der Waals surface area contributed by atoms with Crippen LogP contribution < -0.4 is 5.73 Å². The molecule has 0 aliphatic carbocycles. The Hall–Kier alpha value is -0.980. The van der Waals surface area contributed by atoms with Crippen LogP contribution in [-0.4, -0.2) is 41.8 Å². The third kappa shape index (κ3) is 7.84. The summed E-state index contributed by atoms with van der Waals surface area (Å²) in [5.74, 6) is -0.0786. The number of rotatable bonds is 7. The van der Waals surface area contributed by atoms with Gasteiger partial charge in [0.1, 0.15) is 5.84 Å². The highest BCUT2D eigenvalue weighted by Crippen LogP contribution is 2.21. The molecule has 0 fully saturated rings. The summed E-state index contributed by atoms with van der Waals surface area (Å²) in [5, 5.41) is 11.4. The summed E-state index contributed by atoms with van der Waals surface area (Å²) in [4.78, 5) is 1.86. The average molecular weight is 255 g/mol. The average Bonchev–Trinajstić information content (AvgIpc) is 2.24. The van der Waals surface area contributed by atoms with Crippen LogP contribution in [0.25, 0.3) is 0 Å². The first-order chi connectivity index (χ1) is 7.80. The molecule has 17 heavy (non-hydrogen) atoms. The van der Waals surface area contributed by atoms with Crippen molar-refractivity contribution in [1.82, 2.24) is 4.90 Å². The molecule has 0 bridgehead atoms. The molecule has 1 unspecified atom stereocenters. The van der Waals surface area contributed by atoms with Crippen molar-refractivity contribution in [2.75, 3.05) is 19.6 Å². The van der Waals surface area contributed by atoms with Crippen LogP contribution in [0.2, 0.25) is 0 Å². The van der Waals surface area contributed by atoms with Gasteiger partial charge in [-0.05, 0) is 19.5 Å². The van der Waals surface area contributed by atoms with Crippen molar-refractivity contribution in [3.05, 3.63) is 0 Å². The highest BCUT2D eigenvalue weighted by molar-refractivity contribution is 5.82. The zero-order valence-electron chi connectivity index (χ0n) is 10.2. The van der Waals surface area contributed by atoms with E-state index in [9.17, 15) is 13.2 Å². The smallest absolute Gasteiger partial charge is 0.389 e. The van der Waals surface area contributed by atoms with Crippen LogP contribution in [0.3, 0.4) is 0 Å². The van der Waals surface area contributed by atoms with Crippen molar-refractivity contribution >= 4 is 5.84 Å². The van der Waals surface area contributed by atoms with E-state index in [4.69, 9.17) is 10.9 Å². The molecule has 0 rings (SSSR count). The second-order valence-electron chi connectivity index (χ2n) is 4.04. The fraction of sp³-hybridized carbons (Fsp3) is 0.900. The van der Waals surface area contributed by atoms with Crippen LogP contribution in [0.1, 0.15) is 26.7 Å². The monoisotopic (exact) mass is 255 g/mol. The highest BCUT2D eigenvalue weighted by Gasteiger charge is 2.26.